The molecule has 1 aliphatic heterocycles. The third-order valence-electron chi connectivity index (χ3n) is 4.04. The summed E-state index contributed by atoms with van der Waals surface area (Å²) >= 11 is 0. The number of nitrogens with one attached hydrogen (secondary N) is 1. The van der Waals surface area contributed by atoms with Gasteiger partial charge in [0.25, 0.3) is 5.56 Å². The van der Waals surface area contributed by atoms with E-state index in [4.69, 9.17) is 9.47 Å². The molecular formula is C18H21FN4O4. The lowest BCUT2D eigenvalue weighted by Gasteiger charge is -2.29. The van der Waals surface area contributed by atoms with E-state index in [1.807, 2.05) is 4.90 Å². The zero-order valence-electron chi connectivity index (χ0n) is 15.0. The number of carbonyl (C=O) groups is 1. The van der Waals surface area contributed by atoms with Gasteiger partial charge in [0.05, 0.1) is 25.5 Å². The molecular weight excluding hydrogens is 355 g/mol. The summed E-state index contributed by atoms with van der Waals surface area (Å²) < 4.78 is 25.0. The van der Waals surface area contributed by atoms with Crippen LogP contribution in [0.1, 0.15) is 5.69 Å². The third kappa shape index (κ3) is 4.89. The predicted molar refractivity (Wildman–Crippen MR) is 97.3 cm³/mol. The summed E-state index contributed by atoms with van der Waals surface area (Å²) in [5, 5.41) is 2.59. The second-order valence-corrected chi connectivity index (χ2v) is 6.06. The fraction of sp³-hybridized carbons (Fsp3) is 0.389. The number of halogens is 1. The van der Waals surface area contributed by atoms with Crippen molar-refractivity contribution in [3.8, 4) is 0 Å². The molecule has 1 fully saturated rings. The second kappa shape index (κ2) is 8.74. The van der Waals surface area contributed by atoms with E-state index in [2.05, 4.69) is 10.3 Å². The van der Waals surface area contributed by atoms with Gasteiger partial charge in [-0.25, -0.2) is 9.37 Å². The molecule has 0 unspecified atom stereocenters. The highest BCUT2D eigenvalue weighted by molar-refractivity contribution is 5.90. The molecule has 9 heteroatoms. The highest BCUT2D eigenvalue weighted by Crippen LogP contribution is 2.14. The van der Waals surface area contributed by atoms with Gasteiger partial charge in [-0.15, -0.1) is 0 Å². The van der Waals surface area contributed by atoms with Crippen molar-refractivity contribution in [2.45, 2.75) is 13.2 Å². The zero-order valence-corrected chi connectivity index (χ0v) is 15.0. The van der Waals surface area contributed by atoms with E-state index in [1.54, 1.807) is 6.07 Å². The largest absolute Gasteiger partial charge is 0.378 e. The minimum Gasteiger partial charge on any atom is -0.378 e. The number of methoxy groups -OCH3 is 1. The van der Waals surface area contributed by atoms with Gasteiger partial charge in [-0.2, -0.15) is 0 Å². The van der Waals surface area contributed by atoms with Gasteiger partial charge in [-0.3, -0.25) is 14.2 Å². The van der Waals surface area contributed by atoms with Gasteiger partial charge < -0.3 is 19.7 Å². The summed E-state index contributed by atoms with van der Waals surface area (Å²) in [5.41, 5.74) is 0.462. The van der Waals surface area contributed by atoms with Crippen molar-refractivity contribution in [1.82, 2.24) is 9.55 Å². The van der Waals surface area contributed by atoms with Gasteiger partial charge in [0, 0.05) is 32.0 Å². The first kappa shape index (κ1) is 19.0. The lowest BCUT2D eigenvalue weighted by atomic mass is 10.3. The van der Waals surface area contributed by atoms with Crippen LogP contribution in [0, 0.1) is 5.82 Å². The summed E-state index contributed by atoms with van der Waals surface area (Å²) in [5.74, 6) is -0.504. The number of anilines is 2. The number of carbonyl (C=O) groups excluding carboxylic acids is 1. The molecule has 8 nitrogen and oxygen atoms in total. The van der Waals surface area contributed by atoms with Gasteiger partial charge in [-0.05, 0) is 18.2 Å². The maximum Gasteiger partial charge on any atom is 0.255 e. The molecule has 144 valence electrons. The van der Waals surface area contributed by atoms with E-state index < -0.39 is 11.7 Å². The first-order valence-electron chi connectivity index (χ1n) is 8.54. The van der Waals surface area contributed by atoms with Gasteiger partial charge in [0.15, 0.2) is 0 Å². The molecule has 0 atom stereocenters. The Morgan fingerprint density at radius 1 is 1.33 bits per heavy atom. The molecule has 1 amide bonds. The normalized spacial score (nSPS) is 14.2. The van der Waals surface area contributed by atoms with Crippen LogP contribution < -0.4 is 15.8 Å². The van der Waals surface area contributed by atoms with Crippen LogP contribution in [0.15, 0.2) is 35.1 Å². The number of rotatable bonds is 6. The van der Waals surface area contributed by atoms with Crippen LogP contribution in [0.3, 0.4) is 0 Å². The van der Waals surface area contributed by atoms with Gasteiger partial charge in [-0.1, -0.05) is 6.07 Å². The maximum atomic E-state index is 13.3. The molecule has 0 bridgehead atoms. The summed E-state index contributed by atoms with van der Waals surface area (Å²) in [6.45, 7) is 2.12. The highest BCUT2D eigenvalue weighted by Gasteiger charge is 2.20. The minimum atomic E-state index is -0.454. The Morgan fingerprint density at radius 2 is 2.11 bits per heavy atom. The van der Waals surface area contributed by atoms with E-state index in [1.165, 1.54) is 35.9 Å². The van der Waals surface area contributed by atoms with E-state index in [9.17, 15) is 14.0 Å². The van der Waals surface area contributed by atoms with Gasteiger partial charge in [0.2, 0.25) is 11.9 Å². The van der Waals surface area contributed by atoms with Crippen LogP contribution in [0.5, 0.6) is 0 Å². The van der Waals surface area contributed by atoms with Crippen molar-refractivity contribution in [2.75, 3.05) is 43.6 Å². The molecule has 1 aromatic carbocycles. The fourth-order valence-corrected chi connectivity index (χ4v) is 2.83. The molecule has 2 heterocycles. The molecule has 0 saturated carbocycles. The first-order valence-corrected chi connectivity index (χ1v) is 8.54. The average molecular weight is 376 g/mol. The van der Waals surface area contributed by atoms with Gasteiger partial charge >= 0.3 is 0 Å². The van der Waals surface area contributed by atoms with Crippen molar-refractivity contribution in [3.63, 3.8) is 0 Å². The molecule has 1 aromatic heterocycles. The number of hydrogen-bond acceptors (Lipinski definition) is 6. The number of ether oxygens (including phenoxy) is 2. The second-order valence-electron chi connectivity index (χ2n) is 6.06. The molecule has 1 aliphatic rings. The van der Waals surface area contributed by atoms with E-state index in [0.717, 1.165) is 0 Å². The molecule has 2 aromatic rings. The van der Waals surface area contributed by atoms with Crippen molar-refractivity contribution in [1.29, 1.82) is 0 Å². The molecule has 0 spiro atoms. The Labute approximate surface area is 155 Å². The summed E-state index contributed by atoms with van der Waals surface area (Å²) in [6, 6.07) is 6.92. The molecule has 1 saturated heterocycles. The smallest absolute Gasteiger partial charge is 0.255 e. The van der Waals surface area contributed by atoms with Crippen LogP contribution >= 0.6 is 0 Å². The van der Waals surface area contributed by atoms with Crippen molar-refractivity contribution in [3.05, 3.63) is 52.2 Å². The molecule has 1 N–H and O–H groups in total. The Kier molecular flexibility index (Phi) is 6.15. The SMILES string of the molecule is COCc1cc(=O)n(CC(=O)Nc2cccc(F)c2)c(N2CCOCC2)n1. The van der Waals surface area contributed by atoms with Crippen LogP contribution in [0.2, 0.25) is 0 Å². The lowest BCUT2D eigenvalue weighted by molar-refractivity contribution is -0.116. The average Bonchev–Trinajstić information content (AvgIpc) is 2.64. The summed E-state index contributed by atoms with van der Waals surface area (Å²) in [6.07, 6.45) is 0. The number of aromatic nitrogens is 2. The van der Waals surface area contributed by atoms with E-state index in [-0.39, 0.29) is 18.7 Å². The number of benzene rings is 1. The standard InChI is InChI=1S/C18H21FN4O4/c1-26-12-15-10-17(25)23(18(21-15)22-5-7-27-8-6-22)11-16(24)20-14-4-2-3-13(19)9-14/h2-4,9-10H,5-8,11-12H2,1H3,(H,20,24). The number of morpholine rings is 1. The first-order chi connectivity index (χ1) is 13.1. The quantitative estimate of drug-likeness (QED) is 0.810. The third-order valence-corrected chi connectivity index (χ3v) is 4.04. The fourth-order valence-electron chi connectivity index (χ4n) is 2.83. The van der Waals surface area contributed by atoms with Crippen molar-refractivity contribution in [2.24, 2.45) is 0 Å². The number of hydrogen-bond donors (Lipinski definition) is 1. The highest BCUT2D eigenvalue weighted by atomic mass is 19.1. The lowest BCUT2D eigenvalue weighted by Crippen LogP contribution is -2.42. The Balaban J connectivity index is 1.86. The van der Waals surface area contributed by atoms with Crippen LogP contribution in [-0.4, -0.2) is 48.9 Å². The van der Waals surface area contributed by atoms with Crippen LogP contribution in [0.4, 0.5) is 16.0 Å². The topological polar surface area (TPSA) is 85.7 Å². The van der Waals surface area contributed by atoms with E-state index >= 15 is 0 Å². The van der Waals surface area contributed by atoms with Crippen LogP contribution in [-0.2, 0) is 27.4 Å². The van der Waals surface area contributed by atoms with Crippen LogP contribution in [0.25, 0.3) is 0 Å². The Bertz CT molecular complexity index is 865. The Hall–Kier alpha value is -2.78. The summed E-state index contributed by atoms with van der Waals surface area (Å²) in [7, 11) is 1.52. The molecule has 0 radical (unpaired) electrons. The van der Waals surface area contributed by atoms with E-state index in [0.29, 0.717) is 43.6 Å². The molecule has 27 heavy (non-hydrogen) atoms. The van der Waals surface area contributed by atoms with Crippen molar-refractivity contribution < 1.29 is 18.7 Å². The molecule has 0 aliphatic carbocycles. The Morgan fingerprint density at radius 3 is 2.81 bits per heavy atom. The summed E-state index contributed by atoms with van der Waals surface area (Å²) in [4.78, 5) is 31.4. The minimum absolute atomic E-state index is 0.197. The van der Waals surface area contributed by atoms with Crippen molar-refractivity contribution >= 4 is 17.5 Å². The predicted octanol–water partition coefficient (Wildman–Crippen LogP) is 1.00. The maximum absolute atomic E-state index is 13.3. The van der Waals surface area contributed by atoms with Gasteiger partial charge in [0.1, 0.15) is 12.4 Å². The number of nitrogens with zero attached hydrogens (tertiary/aromatic N) is 3. The number of amides is 1. The monoisotopic (exact) mass is 376 g/mol. The molecule has 3 rings (SSSR count). The zero-order chi connectivity index (χ0) is 19.2.